The summed E-state index contributed by atoms with van der Waals surface area (Å²) in [5, 5.41) is 1.30. The quantitative estimate of drug-likeness (QED) is 0.868. The van der Waals surface area contributed by atoms with Gasteiger partial charge in [0, 0.05) is 29.8 Å². The lowest BCUT2D eigenvalue weighted by Gasteiger charge is -2.13. The Labute approximate surface area is 94.0 Å². The van der Waals surface area contributed by atoms with E-state index < -0.39 is 0 Å². The highest BCUT2D eigenvalue weighted by Gasteiger charge is 2.10. The highest BCUT2D eigenvalue weighted by Crippen LogP contribution is 2.26. The number of benzene rings is 1. The molecular weight excluding hydrogens is 221 g/mol. The average Bonchev–Trinajstić information content (AvgIpc) is 2.18. The Balaban J connectivity index is 2.77. The van der Waals surface area contributed by atoms with E-state index in [-0.39, 0.29) is 6.04 Å². The first-order valence-corrected chi connectivity index (χ1v) is 5.10. The van der Waals surface area contributed by atoms with Gasteiger partial charge in [-0.05, 0) is 30.2 Å². The van der Waals surface area contributed by atoms with Gasteiger partial charge >= 0.3 is 0 Å². The standard InChI is InChI=1S/C10H13Cl2NO/c1-14-5-4-10(13)8-6-7(11)2-3-9(8)12/h2-3,6,10H,4-5,13H2,1H3. The number of methoxy groups -OCH3 is 1. The molecule has 2 N–H and O–H groups in total. The topological polar surface area (TPSA) is 35.2 Å². The maximum absolute atomic E-state index is 5.99. The molecule has 14 heavy (non-hydrogen) atoms. The van der Waals surface area contributed by atoms with Crippen molar-refractivity contribution in [3.8, 4) is 0 Å². The number of ether oxygens (including phenoxy) is 1. The molecule has 0 radical (unpaired) electrons. The van der Waals surface area contributed by atoms with E-state index in [9.17, 15) is 0 Å². The van der Waals surface area contributed by atoms with Crippen molar-refractivity contribution in [3.05, 3.63) is 33.8 Å². The average molecular weight is 234 g/mol. The van der Waals surface area contributed by atoms with Gasteiger partial charge in [0.25, 0.3) is 0 Å². The highest BCUT2D eigenvalue weighted by molar-refractivity contribution is 6.33. The summed E-state index contributed by atoms with van der Waals surface area (Å²) in [6.45, 7) is 0.615. The van der Waals surface area contributed by atoms with Crippen LogP contribution in [-0.2, 0) is 4.74 Å². The van der Waals surface area contributed by atoms with Crippen LogP contribution >= 0.6 is 23.2 Å². The molecule has 0 spiro atoms. The summed E-state index contributed by atoms with van der Waals surface area (Å²) in [6, 6.07) is 5.17. The molecule has 0 saturated carbocycles. The molecule has 1 unspecified atom stereocenters. The number of nitrogens with two attached hydrogens (primary N) is 1. The van der Waals surface area contributed by atoms with Crippen molar-refractivity contribution in [3.63, 3.8) is 0 Å². The van der Waals surface area contributed by atoms with E-state index in [2.05, 4.69) is 0 Å². The second-order valence-electron chi connectivity index (χ2n) is 3.05. The molecular formula is C10H13Cl2NO. The Morgan fingerprint density at radius 2 is 2.14 bits per heavy atom. The zero-order valence-corrected chi connectivity index (χ0v) is 9.48. The molecule has 0 aliphatic carbocycles. The Bertz CT molecular complexity index is 304. The van der Waals surface area contributed by atoms with Gasteiger partial charge in [0.15, 0.2) is 0 Å². The number of hydrogen-bond acceptors (Lipinski definition) is 2. The fraction of sp³-hybridized carbons (Fsp3) is 0.400. The van der Waals surface area contributed by atoms with E-state index in [1.54, 1.807) is 25.3 Å². The maximum atomic E-state index is 5.99. The Kier molecular flexibility index (Phi) is 4.69. The summed E-state index contributed by atoms with van der Waals surface area (Å²) < 4.78 is 4.95. The maximum Gasteiger partial charge on any atom is 0.0480 e. The van der Waals surface area contributed by atoms with Crippen LogP contribution in [-0.4, -0.2) is 13.7 Å². The van der Waals surface area contributed by atoms with E-state index >= 15 is 0 Å². The van der Waals surface area contributed by atoms with E-state index in [4.69, 9.17) is 33.7 Å². The smallest absolute Gasteiger partial charge is 0.0480 e. The minimum absolute atomic E-state index is 0.124. The molecule has 0 aromatic heterocycles. The Hall–Kier alpha value is -0.280. The minimum atomic E-state index is -0.124. The number of rotatable bonds is 4. The van der Waals surface area contributed by atoms with Gasteiger partial charge < -0.3 is 10.5 Å². The predicted molar refractivity (Wildman–Crippen MR) is 59.9 cm³/mol. The third-order valence-corrected chi connectivity index (χ3v) is 2.57. The zero-order chi connectivity index (χ0) is 10.6. The largest absolute Gasteiger partial charge is 0.385 e. The summed E-state index contributed by atoms with van der Waals surface area (Å²) in [4.78, 5) is 0. The lowest BCUT2D eigenvalue weighted by molar-refractivity contribution is 0.188. The third kappa shape index (κ3) is 3.14. The van der Waals surface area contributed by atoms with Crippen LogP contribution < -0.4 is 5.73 Å². The summed E-state index contributed by atoms with van der Waals surface area (Å²) >= 11 is 11.8. The summed E-state index contributed by atoms with van der Waals surface area (Å²) in [7, 11) is 1.65. The molecule has 0 saturated heterocycles. The van der Waals surface area contributed by atoms with Crippen molar-refractivity contribution in [2.75, 3.05) is 13.7 Å². The SMILES string of the molecule is COCCC(N)c1cc(Cl)ccc1Cl. The summed E-state index contributed by atoms with van der Waals surface area (Å²) in [5.74, 6) is 0. The molecule has 1 rings (SSSR count). The molecule has 0 fully saturated rings. The highest BCUT2D eigenvalue weighted by atomic mass is 35.5. The molecule has 0 aliphatic heterocycles. The summed E-state index contributed by atoms with van der Waals surface area (Å²) in [6.07, 6.45) is 0.733. The first-order chi connectivity index (χ1) is 6.65. The molecule has 1 aromatic carbocycles. The fourth-order valence-corrected chi connectivity index (χ4v) is 1.64. The van der Waals surface area contributed by atoms with Crippen molar-refractivity contribution < 1.29 is 4.74 Å². The zero-order valence-electron chi connectivity index (χ0n) is 7.97. The van der Waals surface area contributed by atoms with E-state index in [0.717, 1.165) is 12.0 Å². The lowest BCUT2D eigenvalue weighted by Crippen LogP contribution is -2.13. The van der Waals surface area contributed by atoms with Gasteiger partial charge in [-0.2, -0.15) is 0 Å². The van der Waals surface area contributed by atoms with Gasteiger partial charge in [-0.3, -0.25) is 0 Å². The van der Waals surface area contributed by atoms with Crippen molar-refractivity contribution >= 4 is 23.2 Å². The van der Waals surface area contributed by atoms with Crippen molar-refractivity contribution in [2.45, 2.75) is 12.5 Å². The van der Waals surface area contributed by atoms with Crippen molar-refractivity contribution in [2.24, 2.45) is 5.73 Å². The molecule has 4 heteroatoms. The van der Waals surface area contributed by atoms with Gasteiger partial charge in [0.1, 0.15) is 0 Å². The summed E-state index contributed by atoms with van der Waals surface area (Å²) in [5.41, 5.74) is 6.80. The first kappa shape index (κ1) is 11.8. The van der Waals surface area contributed by atoms with Crippen molar-refractivity contribution in [1.82, 2.24) is 0 Å². The molecule has 2 nitrogen and oxygen atoms in total. The van der Waals surface area contributed by atoms with E-state index in [1.165, 1.54) is 0 Å². The van der Waals surface area contributed by atoms with Crippen LogP contribution in [0.2, 0.25) is 10.0 Å². The predicted octanol–water partition coefficient (Wildman–Crippen LogP) is 3.03. The van der Waals surface area contributed by atoms with Crippen LogP contribution in [0.5, 0.6) is 0 Å². The minimum Gasteiger partial charge on any atom is -0.385 e. The Morgan fingerprint density at radius 1 is 1.43 bits per heavy atom. The normalized spacial score (nSPS) is 12.9. The van der Waals surface area contributed by atoms with Crippen molar-refractivity contribution in [1.29, 1.82) is 0 Å². The van der Waals surface area contributed by atoms with Crippen LogP contribution in [0.3, 0.4) is 0 Å². The van der Waals surface area contributed by atoms with Gasteiger partial charge in [-0.25, -0.2) is 0 Å². The second kappa shape index (κ2) is 5.56. The number of halogens is 2. The molecule has 1 aromatic rings. The lowest BCUT2D eigenvalue weighted by atomic mass is 10.1. The van der Waals surface area contributed by atoms with Crippen LogP contribution in [0, 0.1) is 0 Å². The number of hydrogen-bond donors (Lipinski definition) is 1. The van der Waals surface area contributed by atoms with Crippen LogP contribution in [0.4, 0.5) is 0 Å². The first-order valence-electron chi connectivity index (χ1n) is 4.34. The Morgan fingerprint density at radius 3 is 2.79 bits per heavy atom. The van der Waals surface area contributed by atoms with Gasteiger partial charge in [-0.15, -0.1) is 0 Å². The van der Waals surface area contributed by atoms with Crippen LogP contribution in [0.25, 0.3) is 0 Å². The third-order valence-electron chi connectivity index (χ3n) is 1.99. The molecule has 0 amide bonds. The van der Waals surface area contributed by atoms with Crippen LogP contribution in [0.15, 0.2) is 18.2 Å². The second-order valence-corrected chi connectivity index (χ2v) is 3.90. The molecule has 1 atom stereocenters. The fourth-order valence-electron chi connectivity index (χ4n) is 1.20. The van der Waals surface area contributed by atoms with E-state index in [1.807, 2.05) is 0 Å². The van der Waals surface area contributed by atoms with Crippen LogP contribution in [0.1, 0.15) is 18.0 Å². The van der Waals surface area contributed by atoms with Gasteiger partial charge in [-0.1, -0.05) is 23.2 Å². The van der Waals surface area contributed by atoms with Gasteiger partial charge in [0.2, 0.25) is 0 Å². The monoisotopic (exact) mass is 233 g/mol. The molecule has 78 valence electrons. The van der Waals surface area contributed by atoms with E-state index in [0.29, 0.717) is 16.7 Å². The van der Waals surface area contributed by atoms with Gasteiger partial charge in [0.05, 0.1) is 0 Å². The molecule has 0 aliphatic rings. The molecule has 0 heterocycles. The molecule has 0 bridgehead atoms.